The Balaban J connectivity index is 1.65. The van der Waals surface area contributed by atoms with Gasteiger partial charge in [0.05, 0.1) is 7.11 Å². The zero-order valence-electron chi connectivity index (χ0n) is 18.8. The first kappa shape index (κ1) is 21.4. The second-order valence-corrected chi connectivity index (χ2v) is 9.57. The molecule has 2 aliphatic rings. The van der Waals surface area contributed by atoms with Crippen molar-refractivity contribution in [3.8, 4) is 16.9 Å². The van der Waals surface area contributed by atoms with Crippen LogP contribution in [0.25, 0.3) is 11.1 Å². The van der Waals surface area contributed by atoms with Gasteiger partial charge in [0, 0.05) is 30.1 Å². The molecule has 2 fully saturated rings. The van der Waals surface area contributed by atoms with Crippen LogP contribution in [0.2, 0.25) is 0 Å². The van der Waals surface area contributed by atoms with Crippen molar-refractivity contribution in [3.63, 3.8) is 0 Å². The third kappa shape index (κ3) is 4.60. The lowest BCUT2D eigenvalue weighted by Crippen LogP contribution is -2.35. The SMILES string of the molecule is COc1cc(C2CCN(C(=O)OC(C)(C)C)C2)c(C=O)cc1-c1ccccc1C1CC1. The first-order valence-corrected chi connectivity index (χ1v) is 11.0. The molecular weight excluding hydrogens is 390 g/mol. The molecule has 0 N–H and O–H groups in total. The number of likely N-dealkylation sites (tertiary alicyclic amines) is 1. The summed E-state index contributed by atoms with van der Waals surface area (Å²) in [5, 5.41) is 0. The van der Waals surface area contributed by atoms with Gasteiger partial charge in [0.2, 0.25) is 0 Å². The van der Waals surface area contributed by atoms with Gasteiger partial charge in [0.1, 0.15) is 17.6 Å². The third-order valence-corrected chi connectivity index (χ3v) is 6.08. The number of rotatable bonds is 5. The number of ether oxygens (including phenoxy) is 2. The molecular formula is C26H31NO4. The summed E-state index contributed by atoms with van der Waals surface area (Å²) in [6.07, 6.45) is 3.83. The van der Waals surface area contributed by atoms with Crippen molar-refractivity contribution in [3.05, 3.63) is 53.1 Å². The molecule has 31 heavy (non-hydrogen) atoms. The Bertz CT molecular complexity index is 987. The smallest absolute Gasteiger partial charge is 0.410 e. The molecule has 4 rings (SSSR count). The molecule has 0 spiro atoms. The fourth-order valence-corrected chi connectivity index (χ4v) is 4.45. The Labute approximate surface area is 184 Å². The van der Waals surface area contributed by atoms with E-state index in [4.69, 9.17) is 9.47 Å². The zero-order valence-corrected chi connectivity index (χ0v) is 18.8. The van der Waals surface area contributed by atoms with Crippen LogP contribution in [-0.2, 0) is 4.74 Å². The second kappa shape index (κ2) is 8.37. The van der Waals surface area contributed by atoms with E-state index in [-0.39, 0.29) is 12.0 Å². The van der Waals surface area contributed by atoms with Crippen molar-refractivity contribution < 1.29 is 19.1 Å². The Kier molecular flexibility index (Phi) is 5.78. The highest BCUT2D eigenvalue weighted by atomic mass is 16.6. The highest BCUT2D eigenvalue weighted by molar-refractivity contribution is 5.85. The topological polar surface area (TPSA) is 55.8 Å². The van der Waals surface area contributed by atoms with Gasteiger partial charge in [-0.25, -0.2) is 4.79 Å². The third-order valence-electron chi connectivity index (χ3n) is 6.08. The molecule has 0 radical (unpaired) electrons. The molecule has 2 aromatic rings. The van der Waals surface area contributed by atoms with E-state index in [9.17, 15) is 9.59 Å². The molecule has 1 saturated carbocycles. The number of amides is 1. The van der Waals surface area contributed by atoms with Crippen LogP contribution in [0, 0.1) is 0 Å². The normalized spacial score (nSPS) is 18.7. The number of aldehydes is 1. The number of carbonyl (C=O) groups excluding carboxylic acids is 2. The van der Waals surface area contributed by atoms with Gasteiger partial charge in [-0.3, -0.25) is 4.79 Å². The summed E-state index contributed by atoms with van der Waals surface area (Å²) < 4.78 is 11.3. The molecule has 5 nitrogen and oxygen atoms in total. The summed E-state index contributed by atoms with van der Waals surface area (Å²) in [7, 11) is 1.67. The van der Waals surface area contributed by atoms with Crippen LogP contribution in [0.4, 0.5) is 4.79 Å². The number of benzene rings is 2. The fraction of sp³-hybridized carbons (Fsp3) is 0.462. The van der Waals surface area contributed by atoms with E-state index >= 15 is 0 Å². The number of carbonyl (C=O) groups is 2. The van der Waals surface area contributed by atoms with E-state index in [1.54, 1.807) is 12.0 Å². The van der Waals surface area contributed by atoms with Gasteiger partial charge in [0.25, 0.3) is 0 Å². The van der Waals surface area contributed by atoms with Crippen LogP contribution in [0.3, 0.4) is 0 Å². The van der Waals surface area contributed by atoms with Crippen LogP contribution in [0.5, 0.6) is 5.75 Å². The van der Waals surface area contributed by atoms with Crippen LogP contribution < -0.4 is 4.74 Å². The predicted molar refractivity (Wildman–Crippen MR) is 121 cm³/mol. The second-order valence-electron chi connectivity index (χ2n) is 9.57. The maximum absolute atomic E-state index is 12.5. The van der Waals surface area contributed by atoms with Gasteiger partial charge in [-0.2, -0.15) is 0 Å². The van der Waals surface area contributed by atoms with Gasteiger partial charge in [-0.05, 0) is 74.8 Å². The number of hydrogen-bond donors (Lipinski definition) is 0. The highest BCUT2D eigenvalue weighted by Gasteiger charge is 2.33. The molecule has 1 aliphatic heterocycles. The Morgan fingerprint density at radius 1 is 1.03 bits per heavy atom. The van der Waals surface area contributed by atoms with Crippen molar-refractivity contribution in [1.29, 1.82) is 0 Å². The molecule has 1 atom stereocenters. The van der Waals surface area contributed by atoms with Gasteiger partial charge in [0.15, 0.2) is 0 Å². The van der Waals surface area contributed by atoms with E-state index < -0.39 is 5.60 Å². The summed E-state index contributed by atoms with van der Waals surface area (Å²) in [6.45, 7) is 6.76. The molecule has 1 heterocycles. The summed E-state index contributed by atoms with van der Waals surface area (Å²) in [6, 6.07) is 12.3. The molecule has 1 amide bonds. The molecule has 1 aliphatic carbocycles. The quantitative estimate of drug-likeness (QED) is 0.575. The van der Waals surface area contributed by atoms with Crippen molar-refractivity contribution >= 4 is 12.4 Å². The van der Waals surface area contributed by atoms with Gasteiger partial charge in [-0.15, -0.1) is 0 Å². The van der Waals surface area contributed by atoms with E-state index in [0.29, 0.717) is 24.6 Å². The largest absolute Gasteiger partial charge is 0.496 e. The minimum Gasteiger partial charge on any atom is -0.496 e. The van der Waals surface area contributed by atoms with Gasteiger partial charge >= 0.3 is 6.09 Å². The maximum atomic E-state index is 12.5. The van der Waals surface area contributed by atoms with Crippen molar-refractivity contribution in [1.82, 2.24) is 4.90 Å². The molecule has 0 bridgehead atoms. The Hall–Kier alpha value is -2.82. The lowest BCUT2D eigenvalue weighted by molar-refractivity contribution is 0.0292. The number of hydrogen-bond acceptors (Lipinski definition) is 4. The zero-order chi connectivity index (χ0) is 22.2. The van der Waals surface area contributed by atoms with E-state index in [1.807, 2.05) is 39.0 Å². The monoisotopic (exact) mass is 421 g/mol. The molecule has 2 aromatic carbocycles. The number of methoxy groups -OCH3 is 1. The lowest BCUT2D eigenvalue weighted by atomic mass is 9.88. The van der Waals surface area contributed by atoms with E-state index in [2.05, 4.69) is 18.2 Å². The summed E-state index contributed by atoms with van der Waals surface area (Å²) in [4.78, 5) is 26.3. The Morgan fingerprint density at radius 3 is 2.42 bits per heavy atom. The van der Waals surface area contributed by atoms with Crippen LogP contribution in [0.15, 0.2) is 36.4 Å². The van der Waals surface area contributed by atoms with Crippen LogP contribution in [0.1, 0.15) is 73.4 Å². The number of nitrogens with zero attached hydrogens (tertiary/aromatic N) is 1. The fourth-order valence-electron chi connectivity index (χ4n) is 4.45. The molecule has 5 heteroatoms. The van der Waals surface area contributed by atoms with Crippen molar-refractivity contribution in [2.75, 3.05) is 20.2 Å². The van der Waals surface area contributed by atoms with E-state index in [0.717, 1.165) is 35.1 Å². The first-order chi connectivity index (χ1) is 14.8. The molecule has 1 unspecified atom stereocenters. The summed E-state index contributed by atoms with van der Waals surface area (Å²) in [5.41, 5.74) is 4.49. The van der Waals surface area contributed by atoms with Gasteiger partial charge in [-0.1, -0.05) is 24.3 Å². The maximum Gasteiger partial charge on any atom is 0.410 e. The minimum absolute atomic E-state index is 0.0781. The summed E-state index contributed by atoms with van der Waals surface area (Å²) >= 11 is 0. The van der Waals surface area contributed by atoms with Gasteiger partial charge < -0.3 is 14.4 Å². The van der Waals surface area contributed by atoms with Crippen molar-refractivity contribution in [2.45, 2.75) is 57.5 Å². The van der Waals surface area contributed by atoms with Crippen LogP contribution >= 0.6 is 0 Å². The average Bonchev–Trinajstić information content (AvgIpc) is 3.47. The lowest BCUT2D eigenvalue weighted by Gasteiger charge is -2.24. The molecule has 164 valence electrons. The van der Waals surface area contributed by atoms with Crippen molar-refractivity contribution in [2.24, 2.45) is 0 Å². The minimum atomic E-state index is -0.525. The molecule has 1 saturated heterocycles. The van der Waals surface area contributed by atoms with E-state index in [1.165, 1.54) is 18.4 Å². The van der Waals surface area contributed by atoms with Crippen LogP contribution in [-0.4, -0.2) is 43.1 Å². The highest BCUT2D eigenvalue weighted by Crippen LogP contribution is 2.47. The molecule has 0 aromatic heterocycles. The predicted octanol–water partition coefficient (Wildman–Crippen LogP) is 5.78. The average molecular weight is 422 g/mol. The Morgan fingerprint density at radius 2 is 1.77 bits per heavy atom. The standard InChI is InChI=1S/C26H31NO4/c1-26(2,3)31-25(29)27-12-11-18(15-27)22-14-24(30-4)23(13-19(22)16-28)21-8-6-5-7-20(21)17-9-10-17/h5-8,13-14,16-18H,9-12,15H2,1-4H3. The summed E-state index contributed by atoms with van der Waals surface area (Å²) in [5.74, 6) is 1.44. The first-order valence-electron chi connectivity index (χ1n) is 11.0.